The van der Waals surface area contributed by atoms with Gasteiger partial charge in [0.05, 0.1) is 24.3 Å². The van der Waals surface area contributed by atoms with Gasteiger partial charge in [0.15, 0.2) is 0 Å². The Morgan fingerprint density at radius 2 is 2.17 bits per heavy atom. The standard InChI is InChI=1S/C18H12ClN3O/c1-23-16-4-5-17-13(9-16)7-14(18(19)22-17)8-15(10-20)12-3-2-6-21-11-12/h2-9,11H,1H3. The Hall–Kier alpha value is -2.90. The molecular formula is C18H12ClN3O. The quantitative estimate of drug-likeness (QED) is 0.531. The second-order valence-electron chi connectivity index (χ2n) is 4.84. The van der Waals surface area contributed by atoms with Crippen molar-refractivity contribution in [3.8, 4) is 11.8 Å². The van der Waals surface area contributed by atoms with Crippen LogP contribution in [0.2, 0.25) is 5.15 Å². The Kier molecular flexibility index (Phi) is 4.22. The molecule has 23 heavy (non-hydrogen) atoms. The highest BCUT2D eigenvalue weighted by molar-refractivity contribution is 6.31. The summed E-state index contributed by atoms with van der Waals surface area (Å²) in [6.45, 7) is 0. The largest absolute Gasteiger partial charge is 0.497 e. The van der Waals surface area contributed by atoms with Crippen LogP contribution in [0.25, 0.3) is 22.6 Å². The number of hydrogen-bond donors (Lipinski definition) is 0. The van der Waals surface area contributed by atoms with E-state index >= 15 is 0 Å². The maximum atomic E-state index is 9.40. The highest BCUT2D eigenvalue weighted by Gasteiger charge is 2.07. The molecule has 112 valence electrons. The average molecular weight is 322 g/mol. The van der Waals surface area contributed by atoms with E-state index in [4.69, 9.17) is 16.3 Å². The van der Waals surface area contributed by atoms with Gasteiger partial charge in [-0.2, -0.15) is 5.26 Å². The molecule has 2 heterocycles. The van der Waals surface area contributed by atoms with Crippen molar-refractivity contribution in [3.05, 3.63) is 65.1 Å². The lowest BCUT2D eigenvalue weighted by molar-refractivity contribution is 0.415. The van der Waals surface area contributed by atoms with Crippen LogP contribution in [0.1, 0.15) is 11.1 Å². The van der Waals surface area contributed by atoms with Gasteiger partial charge in [-0.05, 0) is 36.4 Å². The molecule has 0 radical (unpaired) electrons. The Balaban J connectivity index is 2.13. The zero-order valence-electron chi connectivity index (χ0n) is 12.3. The predicted molar refractivity (Wildman–Crippen MR) is 91.0 cm³/mol. The van der Waals surface area contributed by atoms with E-state index in [1.54, 1.807) is 31.6 Å². The normalized spacial score (nSPS) is 11.3. The molecular weight excluding hydrogens is 310 g/mol. The Morgan fingerprint density at radius 1 is 1.30 bits per heavy atom. The van der Waals surface area contributed by atoms with Crippen molar-refractivity contribution in [1.82, 2.24) is 9.97 Å². The number of ether oxygens (including phenoxy) is 1. The van der Waals surface area contributed by atoms with E-state index in [9.17, 15) is 5.26 Å². The van der Waals surface area contributed by atoms with Crippen molar-refractivity contribution in [2.24, 2.45) is 0 Å². The molecule has 4 nitrogen and oxygen atoms in total. The molecule has 3 aromatic rings. The maximum Gasteiger partial charge on any atom is 0.137 e. The number of allylic oxidation sites excluding steroid dienone is 1. The minimum atomic E-state index is 0.347. The number of nitrogens with zero attached hydrogens (tertiary/aromatic N) is 3. The Morgan fingerprint density at radius 3 is 2.87 bits per heavy atom. The number of aromatic nitrogens is 2. The summed E-state index contributed by atoms with van der Waals surface area (Å²) in [5.41, 5.74) is 2.65. The fourth-order valence-electron chi connectivity index (χ4n) is 2.23. The van der Waals surface area contributed by atoms with E-state index in [1.807, 2.05) is 30.3 Å². The number of hydrogen-bond acceptors (Lipinski definition) is 4. The minimum Gasteiger partial charge on any atom is -0.497 e. The number of methoxy groups -OCH3 is 1. The van der Waals surface area contributed by atoms with Crippen LogP contribution in [0.5, 0.6) is 5.75 Å². The number of rotatable bonds is 3. The number of nitriles is 1. The maximum absolute atomic E-state index is 9.40. The molecule has 0 N–H and O–H groups in total. The van der Waals surface area contributed by atoms with E-state index in [2.05, 4.69) is 16.0 Å². The molecule has 1 aromatic carbocycles. The summed E-state index contributed by atoms with van der Waals surface area (Å²) < 4.78 is 5.23. The van der Waals surface area contributed by atoms with Gasteiger partial charge in [0.25, 0.3) is 0 Å². The molecule has 0 aliphatic carbocycles. The van der Waals surface area contributed by atoms with Gasteiger partial charge in [-0.25, -0.2) is 4.98 Å². The van der Waals surface area contributed by atoms with Gasteiger partial charge in [-0.15, -0.1) is 0 Å². The molecule has 0 bridgehead atoms. The fraction of sp³-hybridized carbons (Fsp3) is 0.0556. The lowest BCUT2D eigenvalue weighted by atomic mass is 10.1. The van der Waals surface area contributed by atoms with Crippen molar-refractivity contribution in [3.63, 3.8) is 0 Å². The molecule has 3 rings (SSSR count). The minimum absolute atomic E-state index is 0.347. The van der Waals surface area contributed by atoms with Crippen molar-refractivity contribution >= 4 is 34.2 Å². The van der Waals surface area contributed by atoms with Crippen LogP contribution in [0.15, 0.2) is 48.8 Å². The molecule has 0 unspecified atom stereocenters. The Labute approximate surface area is 138 Å². The predicted octanol–water partition coefficient (Wildman–Crippen LogP) is 4.36. The number of pyridine rings is 2. The summed E-state index contributed by atoms with van der Waals surface area (Å²) in [4.78, 5) is 8.41. The van der Waals surface area contributed by atoms with Gasteiger partial charge in [-0.1, -0.05) is 17.7 Å². The van der Waals surface area contributed by atoms with Crippen LogP contribution < -0.4 is 4.74 Å². The van der Waals surface area contributed by atoms with Crippen molar-refractivity contribution in [2.45, 2.75) is 0 Å². The summed E-state index contributed by atoms with van der Waals surface area (Å²) in [7, 11) is 1.61. The summed E-state index contributed by atoms with van der Waals surface area (Å²) in [5.74, 6) is 0.740. The van der Waals surface area contributed by atoms with Gasteiger partial charge in [0.1, 0.15) is 10.9 Å². The van der Waals surface area contributed by atoms with E-state index in [0.717, 1.165) is 22.2 Å². The highest BCUT2D eigenvalue weighted by Crippen LogP contribution is 2.27. The fourth-order valence-corrected chi connectivity index (χ4v) is 2.43. The van der Waals surface area contributed by atoms with Crippen molar-refractivity contribution in [1.29, 1.82) is 5.26 Å². The van der Waals surface area contributed by atoms with Gasteiger partial charge >= 0.3 is 0 Å². The smallest absolute Gasteiger partial charge is 0.137 e. The van der Waals surface area contributed by atoms with E-state index in [1.165, 1.54) is 0 Å². The van der Waals surface area contributed by atoms with Crippen molar-refractivity contribution < 1.29 is 4.74 Å². The number of benzene rings is 1. The van der Waals surface area contributed by atoms with Gasteiger partial charge in [0.2, 0.25) is 0 Å². The number of halogens is 1. The zero-order valence-corrected chi connectivity index (χ0v) is 13.1. The third-order valence-corrected chi connectivity index (χ3v) is 3.70. The average Bonchev–Trinajstić information content (AvgIpc) is 2.60. The molecule has 0 fully saturated rings. The zero-order chi connectivity index (χ0) is 16.2. The molecule has 2 aromatic heterocycles. The lowest BCUT2D eigenvalue weighted by Crippen LogP contribution is -1.89. The summed E-state index contributed by atoms with van der Waals surface area (Å²) in [6.07, 6.45) is 5.01. The first-order chi connectivity index (χ1) is 11.2. The third-order valence-electron chi connectivity index (χ3n) is 3.40. The molecule has 0 aliphatic rings. The molecule has 0 amide bonds. The second kappa shape index (κ2) is 6.47. The number of fused-ring (bicyclic) bond motifs is 1. The van der Waals surface area contributed by atoms with Crippen molar-refractivity contribution in [2.75, 3.05) is 7.11 Å². The van der Waals surface area contributed by atoms with Gasteiger partial charge in [0, 0.05) is 28.9 Å². The summed E-state index contributed by atoms with van der Waals surface area (Å²) in [6, 6.07) is 13.2. The summed E-state index contributed by atoms with van der Waals surface area (Å²) >= 11 is 6.25. The molecule has 0 atom stereocenters. The molecule has 0 spiro atoms. The van der Waals surface area contributed by atoms with E-state index in [0.29, 0.717) is 16.3 Å². The SMILES string of the molecule is COc1ccc2nc(Cl)c(C=C(C#N)c3cccnc3)cc2c1. The van der Waals surface area contributed by atoms with Crippen LogP contribution in [0.3, 0.4) is 0 Å². The molecule has 0 saturated carbocycles. The first kappa shape index (κ1) is 15.0. The van der Waals surface area contributed by atoms with Gasteiger partial charge in [-0.3, -0.25) is 4.98 Å². The van der Waals surface area contributed by atoms with Crippen LogP contribution in [0.4, 0.5) is 0 Å². The van der Waals surface area contributed by atoms with Gasteiger partial charge < -0.3 is 4.74 Å². The topological polar surface area (TPSA) is 58.8 Å². The lowest BCUT2D eigenvalue weighted by Gasteiger charge is -2.06. The highest BCUT2D eigenvalue weighted by atomic mass is 35.5. The van der Waals surface area contributed by atoms with Crippen LogP contribution in [-0.2, 0) is 0 Å². The first-order valence-corrected chi connectivity index (χ1v) is 7.25. The van der Waals surface area contributed by atoms with Crippen LogP contribution in [-0.4, -0.2) is 17.1 Å². The van der Waals surface area contributed by atoms with Crippen LogP contribution >= 0.6 is 11.6 Å². The Bertz CT molecular complexity index is 930. The molecule has 0 saturated heterocycles. The first-order valence-electron chi connectivity index (χ1n) is 6.88. The molecule has 5 heteroatoms. The second-order valence-corrected chi connectivity index (χ2v) is 5.20. The monoisotopic (exact) mass is 321 g/mol. The van der Waals surface area contributed by atoms with E-state index < -0.39 is 0 Å². The van der Waals surface area contributed by atoms with E-state index in [-0.39, 0.29) is 0 Å². The molecule has 0 aliphatic heterocycles. The van der Waals surface area contributed by atoms with Crippen LogP contribution in [0, 0.1) is 11.3 Å². The third kappa shape index (κ3) is 3.15. The summed E-state index contributed by atoms with van der Waals surface area (Å²) in [5, 5.41) is 10.6.